The predicted octanol–water partition coefficient (Wildman–Crippen LogP) is 0.995. The van der Waals surface area contributed by atoms with Gasteiger partial charge in [-0.2, -0.15) is 13.2 Å². The maximum atomic E-state index is 12.5. The fraction of sp³-hybridized carbons (Fsp3) is 0.188. The molecule has 8 nitrogen and oxygen atoms in total. The van der Waals surface area contributed by atoms with Crippen molar-refractivity contribution in [2.75, 3.05) is 6.61 Å². The SMILES string of the molecule is O=C(NNC(=O)C1COc2ccccc2O1)c1ccc(C(F)(F)F)[nH]c1=O. The van der Waals surface area contributed by atoms with Crippen LogP contribution in [0.2, 0.25) is 0 Å². The van der Waals surface area contributed by atoms with E-state index < -0.39 is 40.9 Å². The number of ether oxygens (including phenoxy) is 2. The molecule has 0 fully saturated rings. The van der Waals surface area contributed by atoms with Crippen LogP contribution in [0.25, 0.3) is 0 Å². The second-order valence-electron chi connectivity index (χ2n) is 5.42. The molecule has 1 unspecified atom stereocenters. The van der Waals surface area contributed by atoms with Crippen LogP contribution in [-0.2, 0) is 11.0 Å². The Kier molecular flexibility index (Phi) is 4.75. The van der Waals surface area contributed by atoms with Gasteiger partial charge in [-0.1, -0.05) is 12.1 Å². The normalized spacial score (nSPS) is 15.7. The zero-order valence-electron chi connectivity index (χ0n) is 13.4. The molecule has 1 aliphatic heterocycles. The number of nitrogens with one attached hydrogen (secondary N) is 3. The second-order valence-corrected chi connectivity index (χ2v) is 5.42. The summed E-state index contributed by atoms with van der Waals surface area (Å²) in [4.78, 5) is 37.2. The fourth-order valence-electron chi connectivity index (χ4n) is 2.23. The average Bonchev–Trinajstić information content (AvgIpc) is 2.64. The molecule has 1 aromatic carbocycles. The third-order valence-electron chi connectivity index (χ3n) is 3.56. The van der Waals surface area contributed by atoms with E-state index in [0.29, 0.717) is 23.6 Å². The van der Waals surface area contributed by atoms with Crippen LogP contribution in [0, 0.1) is 0 Å². The highest BCUT2D eigenvalue weighted by Gasteiger charge is 2.32. The van der Waals surface area contributed by atoms with Gasteiger partial charge in [0.25, 0.3) is 17.4 Å². The van der Waals surface area contributed by atoms with E-state index in [1.807, 2.05) is 10.9 Å². The Morgan fingerprint density at radius 1 is 1.07 bits per heavy atom. The number of carbonyl (C=O) groups excluding carboxylic acids is 2. The van der Waals surface area contributed by atoms with Crippen LogP contribution in [0.1, 0.15) is 16.1 Å². The molecule has 11 heteroatoms. The van der Waals surface area contributed by atoms with Crippen LogP contribution < -0.4 is 25.9 Å². The third-order valence-corrected chi connectivity index (χ3v) is 3.56. The molecule has 0 saturated carbocycles. The quantitative estimate of drug-likeness (QED) is 0.671. The standard InChI is InChI=1S/C16H12F3N3O5/c17-16(18,19)12-6-5-8(13(23)20-12)14(24)21-22-15(25)11-7-26-9-3-1-2-4-10(9)27-11/h1-6,11H,7H2,(H,20,23)(H,21,24)(H,22,25). The highest BCUT2D eigenvalue weighted by Crippen LogP contribution is 2.30. The van der Waals surface area contributed by atoms with Gasteiger partial charge in [0, 0.05) is 0 Å². The van der Waals surface area contributed by atoms with Gasteiger partial charge in [-0.15, -0.1) is 0 Å². The Balaban J connectivity index is 1.61. The number of halogens is 3. The van der Waals surface area contributed by atoms with Crippen LogP contribution in [-0.4, -0.2) is 29.5 Å². The number of hydrogen-bond acceptors (Lipinski definition) is 5. The minimum absolute atomic E-state index is 0.112. The topological polar surface area (TPSA) is 110 Å². The zero-order valence-corrected chi connectivity index (χ0v) is 13.4. The summed E-state index contributed by atoms with van der Waals surface area (Å²) in [5.74, 6) is -1.05. The van der Waals surface area contributed by atoms with Crippen molar-refractivity contribution in [2.45, 2.75) is 12.3 Å². The first-order valence-electron chi connectivity index (χ1n) is 7.55. The van der Waals surface area contributed by atoms with E-state index in [1.165, 1.54) is 0 Å². The van der Waals surface area contributed by atoms with Gasteiger partial charge in [-0.25, -0.2) is 0 Å². The van der Waals surface area contributed by atoms with E-state index >= 15 is 0 Å². The lowest BCUT2D eigenvalue weighted by Crippen LogP contribution is -2.51. The van der Waals surface area contributed by atoms with Crippen molar-refractivity contribution in [2.24, 2.45) is 0 Å². The van der Waals surface area contributed by atoms with Gasteiger partial charge in [0.1, 0.15) is 17.9 Å². The molecule has 1 aliphatic rings. The van der Waals surface area contributed by atoms with Gasteiger partial charge in [0.15, 0.2) is 11.5 Å². The maximum absolute atomic E-state index is 12.5. The molecular weight excluding hydrogens is 371 g/mol. The summed E-state index contributed by atoms with van der Waals surface area (Å²) >= 11 is 0. The number of aromatic amines is 1. The number of H-pyrrole nitrogens is 1. The van der Waals surface area contributed by atoms with Gasteiger partial charge < -0.3 is 14.5 Å². The minimum Gasteiger partial charge on any atom is -0.485 e. The molecule has 0 saturated heterocycles. The van der Waals surface area contributed by atoms with E-state index in [2.05, 4.69) is 0 Å². The molecule has 1 aromatic heterocycles. The number of para-hydroxylation sites is 2. The zero-order chi connectivity index (χ0) is 19.6. The third kappa shape index (κ3) is 4.02. The van der Waals surface area contributed by atoms with Crippen molar-refractivity contribution < 1.29 is 32.2 Å². The van der Waals surface area contributed by atoms with E-state index in [4.69, 9.17) is 9.47 Å². The molecule has 2 aromatic rings. The summed E-state index contributed by atoms with van der Waals surface area (Å²) in [5, 5.41) is 0. The predicted molar refractivity (Wildman–Crippen MR) is 84.0 cm³/mol. The summed E-state index contributed by atoms with van der Waals surface area (Å²) < 4.78 is 48.3. The summed E-state index contributed by atoms with van der Waals surface area (Å²) in [7, 11) is 0. The second kappa shape index (κ2) is 7.02. The lowest BCUT2D eigenvalue weighted by Gasteiger charge is -2.25. The molecule has 0 bridgehead atoms. The number of fused-ring (bicyclic) bond motifs is 1. The molecule has 3 N–H and O–H groups in total. The van der Waals surface area contributed by atoms with Crippen molar-refractivity contribution in [3.05, 3.63) is 58.0 Å². The number of hydrogen-bond donors (Lipinski definition) is 3. The highest BCUT2D eigenvalue weighted by molar-refractivity contribution is 5.95. The van der Waals surface area contributed by atoms with Crippen LogP contribution in [0.5, 0.6) is 11.5 Å². The maximum Gasteiger partial charge on any atom is 0.431 e. The molecule has 1 atom stereocenters. The van der Waals surface area contributed by atoms with Gasteiger partial charge in [0.05, 0.1) is 0 Å². The lowest BCUT2D eigenvalue weighted by atomic mass is 10.2. The largest absolute Gasteiger partial charge is 0.485 e. The smallest absolute Gasteiger partial charge is 0.431 e. The number of benzene rings is 1. The van der Waals surface area contributed by atoms with Crippen molar-refractivity contribution in [3.8, 4) is 11.5 Å². The number of aromatic nitrogens is 1. The van der Waals surface area contributed by atoms with Crippen molar-refractivity contribution >= 4 is 11.8 Å². The fourth-order valence-corrected chi connectivity index (χ4v) is 2.23. The molecule has 0 radical (unpaired) electrons. The summed E-state index contributed by atoms with van der Waals surface area (Å²) in [6.45, 7) is -0.112. The van der Waals surface area contributed by atoms with E-state index in [1.54, 1.807) is 29.2 Å². The van der Waals surface area contributed by atoms with Crippen molar-refractivity contribution in [3.63, 3.8) is 0 Å². The first kappa shape index (κ1) is 18.3. The molecule has 2 heterocycles. The molecule has 0 spiro atoms. The summed E-state index contributed by atoms with van der Waals surface area (Å²) in [6, 6.07) is 7.91. The van der Waals surface area contributed by atoms with Gasteiger partial charge in [-0.3, -0.25) is 25.2 Å². The first-order valence-corrected chi connectivity index (χ1v) is 7.55. The van der Waals surface area contributed by atoms with Gasteiger partial charge in [0.2, 0.25) is 6.10 Å². The molecule has 27 heavy (non-hydrogen) atoms. The number of amides is 2. The number of carbonyl (C=O) groups is 2. The number of rotatable bonds is 2. The molecule has 3 rings (SSSR count). The van der Waals surface area contributed by atoms with Crippen LogP contribution in [0.4, 0.5) is 13.2 Å². The summed E-state index contributed by atoms with van der Waals surface area (Å²) in [6.07, 6.45) is -5.82. The van der Waals surface area contributed by atoms with Crippen LogP contribution >= 0.6 is 0 Å². The Morgan fingerprint density at radius 3 is 2.44 bits per heavy atom. The van der Waals surface area contributed by atoms with Crippen LogP contribution in [0.15, 0.2) is 41.2 Å². The molecule has 142 valence electrons. The number of pyridine rings is 1. The van der Waals surface area contributed by atoms with Crippen molar-refractivity contribution in [1.82, 2.24) is 15.8 Å². The Hall–Kier alpha value is -3.50. The number of alkyl halides is 3. The number of hydrazine groups is 1. The molecule has 2 amide bonds. The van der Waals surface area contributed by atoms with E-state index in [0.717, 1.165) is 0 Å². The van der Waals surface area contributed by atoms with Gasteiger partial charge in [-0.05, 0) is 24.3 Å². The Morgan fingerprint density at radius 2 is 1.78 bits per heavy atom. The van der Waals surface area contributed by atoms with Crippen LogP contribution in [0.3, 0.4) is 0 Å². The average molecular weight is 383 g/mol. The Labute approximate surface area is 149 Å². The minimum atomic E-state index is -4.75. The van der Waals surface area contributed by atoms with E-state index in [-0.39, 0.29) is 6.61 Å². The summed E-state index contributed by atoms with van der Waals surface area (Å²) in [5.41, 5.74) is 0.837. The lowest BCUT2D eigenvalue weighted by molar-refractivity contribution is -0.141. The van der Waals surface area contributed by atoms with E-state index in [9.17, 15) is 27.6 Å². The van der Waals surface area contributed by atoms with Crippen molar-refractivity contribution in [1.29, 1.82) is 0 Å². The first-order chi connectivity index (χ1) is 12.8. The Bertz CT molecular complexity index is 941. The molecule has 0 aliphatic carbocycles. The monoisotopic (exact) mass is 383 g/mol. The highest BCUT2D eigenvalue weighted by atomic mass is 19.4. The molecular formula is C16H12F3N3O5. The van der Waals surface area contributed by atoms with Gasteiger partial charge >= 0.3 is 6.18 Å².